The van der Waals surface area contributed by atoms with Crippen molar-refractivity contribution in [1.29, 1.82) is 0 Å². The fourth-order valence-electron chi connectivity index (χ4n) is 1.99. The van der Waals surface area contributed by atoms with Crippen molar-refractivity contribution in [3.05, 3.63) is 71.3 Å². The van der Waals surface area contributed by atoms with Crippen LogP contribution in [0, 0.1) is 11.8 Å². The van der Waals surface area contributed by atoms with Crippen LogP contribution in [0.15, 0.2) is 54.6 Å². The predicted octanol–water partition coefficient (Wildman–Crippen LogP) is 2.73. The molecule has 0 aliphatic carbocycles. The number of carboxylic acid groups (broad SMARTS) is 2. The van der Waals surface area contributed by atoms with E-state index >= 15 is 0 Å². The van der Waals surface area contributed by atoms with Crippen LogP contribution in [-0.2, 0) is 9.59 Å². The molecule has 4 nitrogen and oxygen atoms in total. The first-order chi connectivity index (χ1) is 10.6. The van der Waals surface area contributed by atoms with Gasteiger partial charge in [-0.1, -0.05) is 42.2 Å². The van der Waals surface area contributed by atoms with Crippen molar-refractivity contribution >= 4 is 11.9 Å². The summed E-state index contributed by atoms with van der Waals surface area (Å²) in [4.78, 5) is 21.9. The van der Waals surface area contributed by atoms with Crippen molar-refractivity contribution in [2.45, 2.75) is 12.3 Å². The van der Waals surface area contributed by atoms with Gasteiger partial charge in [-0.05, 0) is 29.8 Å². The second-order valence-corrected chi connectivity index (χ2v) is 4.73. The molecule has 0 fully saturated rings. The fourth-order valence-corrected chi connectivity index (χ4v) is 1.99. The third kappa shape index (κ3) is 4.22. The smallest absolute Gasteiger partial charge is 0.311 e. The molecule has 0 aliphatic rings. The Kier molecular flexibility index (Phi) is 4.94. The molecule has 2 N–H and O–H groups in total. The third-order valence-electron chi connectivity index (χ3n) is 3.11. The van der Waals surface area contributed by atoms with Gasteiger partial charge in [0, 0.05) is 11.1 Å². The molecule has 0 heterocycles. The molecule has 0 unspecified atom stereocenters. The summed E-state index contributed by atoms with van der Waals surface area (Å²) in [7, 11) is 0. The highest BCUT2D eigenvalue weighted by atomic mass is 16.4. The summed E-state index contributed by atoms with van der Waals surface area (Å²) < 4.78 is 0. The van der Waals surface area contributed by atoms with Crippen molar-refractivity contribution in [3.63, 3.8) is 0 Å². The topological polar surface area (TPSA) is 74.6 Å². The summed E-state index contributed by atoms with van der Waals surface area (Å²) in [5.74, 6) is 2.65. The zero-order valence-corrected chi connectivity index (χ0v) is 11.7. The van der Waals surface area contributed by atoms with Crippen LogP contribution in [0.5, 0.6) is 0 Å². The van der Waals surface area contributed by atoms with E-state index in [1.54, 1.807) is 24.3 Å². The van der Waals surface area contributed by atoms with Crippen molar-refractivity contribution < 1.29 is 19.8 Å². The maximum atomic E-state index is 11.1. The molecule has 2 aromatic rings. The normalized spacial score (nSPS) is 11.1. The van der Waals surface area contributed by atoms with E-state index in [1.807, 2.05) is 30.3 Å². The average Bonchev–Trinajstić information content (AvgIpc) is 2.52. The molecule has 1 atom stereocenters. The van der Waals surface area contributed by atoms with Gasteiger partial charge < -0.3 is 10.2 Å². The number of aliphatic carboxylic acids is 2. The van der Waals surface area contributed by atoms with Crippen LogP contribution in [0.25, 0.3) is 0 Å². The fraction of sp³-hybridized carbons (Fsp3) is 0.111. The first-order valence-corrected chi connectivity index (χ1v) is 6.68. The average molecular weight is 294 g/mol. The lowest BCUT2D eigenvalue weighted by atomic mass is 9.95. The highest BCUT2D eigenvalue weighted by Gasteiger charge is 2.22. The molecule has 0 amide bonds. The Bertz CT molecular complexity index is 721. The molecule has 4 heteroatoms. The lowest BCUT2D eigenvalue weighted by Gasteiger charge is -2.09. The van der Waals surface area contributed by atoms with E-state index in [4.69, 9.17) is 10.2 Å². The maximum Gasteiger partial charge on any atom is 0.311 e. The van der Waals surface area contributed by atoms with Crippen LogP contribution >= 0.6 is 0 Å². The number of benzene rings is 2. The lowest BCUT2D eigenvalue weighted by molar-refractivity contribution is -0.145. The van der Waals surface area contributed by atoms with Crippen LogP contribution in [0.2, 0.25) is 0 Å². The summed E-state index contributed by atoms with van der Waals surface area (Å²) in [6.07, 6.45) is -0.440. The Balaban J connectivity index is 2.18. The summed E-state index contributed by atoms with van der Waals surface area (Å²) in [5, 5.41) is 17.9. The number of rotatable bonds is 4. The quantitative estimate of drug-likeness (QED) is 0.850. The number of carbonyl (C=O) groups is 2. The minimum Gasteiger partial charge on any atom is -0.481 e. The maximum absolute atomic E-state index is 11.1. The molecule has 0 aromatic heterocycles. The van der Waals surface area contributed by atoms with E-state index in [9.17, 15) is 9.59 Å². The van der Waals surface area contributed by atoms with E-state index in [-0.39, 0.29) is 0 Å². The first-order valence-electron chi connectivity index (χ1n) is 6.68. The third-order valence-corrected chi connectivity index (χ3v) is 3.11. The van der Waals surface area contributed by atoms with Crippen LogP contribution in [0.1, 0.15) is 29.0 Å². The Hall–Kier alpha value is -3.06. The van der Waals surface area contributed by atoms with Gasteiger partial charge in [-0.2, -0.15) is 0 Å². The zero-order valence-electron chi connectivity index (χ0n) is 11.7. The highest BCUT2D eigenvalue weighted by Crippen LogP contribution is 2.20. The van der Waals surface area contributed by atoms with Crippen molar-refractivity contribution in [2.75, 3.05) is 0 Å². The second-order valence-electron chi connectivity index (χ2n) is 4.73. The van der Waals surface area contributed by atoms with E-state index in [0.29, 0.717) is 5.56 Å². The molecule has 0 spiro atoms. The van der Waals surface area contributed by atoms with E-state index < -0.39 is 24.3 Å². The van der Waals surface area contributed by atoms with Gasteiger partial charge in [0.1, 0.15) is 0 Å². The Morgan fingerprint density at radius 3 is 1.91 bits per heavy atom. The molecular weight excluding hydrogens is 280 g/mol. The van der Waals surface area contributed by atoms with Gasteiger partial charge in [0.2, 0.25) is 0 Å². The number of hydrogen-bond acceptors (Lipinski definition) is 2. The van der Waals surface area contributed by atoms with Crippen molar-refractivity contribution in [3.8, 4) is 11.8 Å². The largest absolute Gasteiger partial charge is 0.481 e. The second kappa shape index (κ2) is 7.09. The molecule has 0 bridgehead atoms. The first kappa shape index (κ1) is 15.3. The van der Waals surface area contributed by atoms with Gasteiger partial charge in [-0.15, -0.1) is 0 Å². The summed E-state index contributed by atoms with van der Waals surface area (Å²) in [5.41, 5.74) is 2.09. The molecular formula is C18H14O4. The lowest BCUT2D eigenvalue weighted by Crippen LogP contribution is -2.15. The molecule has 22 heavy (non-hydrogen) atoms. The van der Waals surface area contributed by atoms with E-state index in [0.717, 1.165) is 11.1 Å². The molecule has 110 valence electrons. The summed E-state index contributed by atoms with van der Waals surface area (Å²) in [6.45, 7) is 0. The molecule has 0 radical (unpaired) electrons. The van der Waals surface area contributed by atoms with E-state index in [2.05, 4.69) is 11.8 Å². The van der Waals surface area contributed by atoms with Crippen molar-refractivity contribution in [2.24, 2.45) is 0 Å². The van der Waals surface area contributed by atoms with Crippen molar-refractivity contribution in [1.82, 2.24) is 0 Å². The number of hydrogen-bond donors (Lipinski definition) is 2. The molecule has 0 saturated heterocycles. The Morgan fingerprint density at radius 2 is 1.41 bits per heavy atom. The van der Waals surface area contributed by atoms with Crippen LogP contribution in [-0.4, -0.2) is 22.2 Å². The van der Waals surface area contributed by atoms with Gasteiger partial charge in [-0.25, -0.2) is 0 Å². The zero-order chi connectivity index (χ0) is 15.9. The predicted molar refractivity (Wildman–Crippen MR) is 81.5 cm³/mol. The highest BCUT2D eigenvalue weighted by molar-refractivity contribution is 5.82. The Labute approximate surface area is 128 Å². The minimum absolute atomic E-state index is 0.440. The van der Waals surface area contributed by atoms with Gasteiger partial charge in [-0.3, -0.25) is 9.59 Å². The number of carboxylic acids is 2. The van der Waals surface area contributed by atoms with Crippen LogP contribution < -0.4 is 0 Å². The molecule has 0 saturated carbocycles. The van der Waals surface area contributed by atoms with Crippen LogP contribution in [0.4, 0.5) is 0 Å². The van der Waals surface area contributed by atoms with Gasteiger partial charge in [0.25, 0.3) is 0 Å². The summed E-state index contributed by atoms with van der Waals surface area (Å²) >= 11 is 0. The van der Waals surface area contributed by atoms with E-state index in [1.165, 1.54) is 0 Å². The standard InChI is InChI=1S/C18H14O4/c19-17(20)12-16(18(21)22)15-10-8-14(9-11-15)7-6-13-4-2-1-3-5-13/h1-5,8-11,16H,12H2,(H,19,20)(H,21,22)/t16-/m0/s1. The van der Waals surface area contributed by atoms with Gasteiger partial charge in [0.05, 0.1) is 12.3 Å². The van der Waals surface area contributed by atoms with Gasteiger partial charge in [0.15, 0.2) is 0 Å². The van der Waals surface area contributed by atoms with Gasteiger partial charge >= 0.3 is 11.9 Å². The summed E-state index contributed by atoms with van der Waals surface area (Å²) in [6, 6.07) is 16.1. The molecule has 2 aromatic carbocycles. The Morgan fingerprint density at radius 1 is 0.864 bits per heavy atom. The minimum atomic E-state index is -1.15. The monoisotopic (exact) mass is 294 g/mol. The molecule has 0 aliphatic heterocycles. The van der Waals surface area contributed by atoms with Crippen LogP contribution in [0.3, 0.4) is 0 Å². The molecule has 2 rings (SSSR count). The SMILES string of the molecule is O=C(O)C[C@H](C(=O)O)c1ccc(C#Cc2ccccc2)cc1.